The number of aryl methyl sites for hydroxylation is 1. The number of rotatable bonds is 3. The van der Waals surface area contributed by atoms with Crippen LogP contribution in [0.1, 0.15) is 23.2 Å². The molecule has 29 heavy (non-hydrogen) atoms. The SMILES string of the molecule is C=C1Nc2nc(C)nn2[C@@H](c2ccco2)[C@H]1C(=O)Nc1cccc(C(F)(F)F)c1. The van der Waals surface area contributed by atoms with Gasteiger partial charge in [-0.2, -0.15) is 23.3 Å². The third-order valence-corrected chi connectivity index (χ3v) is 4.54. The number of amides is 1. The van der Waals surface area contributed by atoms with Crippen LogP contribution in [0.3, 0.4) is 0 Å². The van der Waals surface area contributed by atoms with Crippen LogP contribution < -0.4 is 10.6 Å². The van der Waals surface area contributed by atoms with Gasteiger partial charge in [0, 0.05) is 11.4 Å². The molecule has 0 bridgehead atoms. The Kier molecular flexibility index (Phi) is 4.40. The van der Waals surface area contributed by atoms with Gasteiger partial charge >= 0.3 is 6.18 Å². The van der Waals surface area contributed by atoms with Crippen molar-refractivity contribution in [2.24, 2.45) is 5.92 Å². The second-order valence-corrected chi connectivity index (χ2v) is 6.58. The smallest absolute Gasteiger partial charge is 0.416 e. The number of hydrogen-bond donors (Lipinski definition) is 2. The van der Waals surface area contributed by atoms with Crippen molar-refractivity contribution in [2.75, 3.05) is 10.6 Å². The number of halogens is 3. The Morgan fingerprint density at radius 3 is 2.79 bits per heavy atom. The molecule has 0 radical (unpaired) electrons. The zero-order chi connectivity index (χ0) is 20.8. The minimum Gasteiger partial charge on any atom is -0.467 e. The van der Waals surface area contributed by atoms with Crippen molar-refractivity contribution in [3.8, 4) is 0 Å². The highest BCUT2D eigenvalue weighted by Crippen LogP contribution is 2.38. The highest BCUT2D eigenvalue weighted by atomic mass is 19.4. The van der Waals surface area contributed by atoms with Gasteiger partial charge in [-0.3, -0.25) is 4.79 Å². The summed E-state index contributed by atoms with van der Waals surface area (Å²) < 4.78 is 45.9. The van der Waals surface area contributed by atoms with Crippen molar-refractivity contribution in [3.05, 3.63) is 72.1 Å². The minimum absolute atomic E-state index is 0.0244. The number of carbonyl (C=O) groups excluding carboxylic acids is 1. The maximum Gasteiger partial charge on any atom is 0.416 e. The second-order valence-electron chi connectivity index (χ2n) is 6.58. The average molecular weight is 403 g/mol. The molecule has 4 rings (SSSR count). The Morgan fingerprint density at radius 1 is 1.31 bits per heavy atom. The normalized spacial score (nSPS) is 18.8. The predicted octanol–water partition coefficient (Wildman–Crippen LogP) is 3.98. The first-order valence-electron chi connectivity index (χ1n) is 8.64. The molecule has 3 heterocycles. The summed E-state index contributed by atoms with van der Waals surface area (Å²) in [7, 11) is 0. The Labute approximate surface area is 163 Å². The van der Waals surface area contributed by atoms with E-state index in [4.69, 9.17) is 4.42 Å². The van der Waals surface area contributed by atoms with Gasteiger partial charge in [-0.1, -0.05) is 12.6 Å². The molecule has 1 aliphatic rings. The summed E-state index contributed by atoms with van der Waals surface area (Å²) in [5, 5.41) is 9.80. The molecule has 10 heteroatoms. The van der Waals surface area contributed by atoms with Crippen LogP contribution in [0.5, 0.6) is 0 Å². The van der Waals surface area contributed by atoms with Crippen LogP contribution in [-0.4, -0.2) is 20.7 Å². The van der Waals surface area contributed by atoms with Gasteiger partial charge in [0.2, 0.25) is 11.9 Å². The minimum atomic E-state index is -4.51. The summed E-state index contributed by atoms with van der Waals surface area (Å²) in [5.74, 6) is -0.123. The number of hydrogen-bond acceptors (Lipinski definition) is 5. The number of nitrogens with zero attached hydrogens (tertiary/aromatic N) is 3. The lowest BCUT2D eigenvalue weighted by Crippen LogP contribution is -2.39. The number of carbonyl (C=O) groups is 1. The Morgan fingerprint density at radius 2 is 2.10 bits per heavy atom. The molecule has 0 unspecified atom stereocenters. The van der Waals surface area contributed by atoms with E-state index in [1.54, 1.807) is 19.1 Å². The molecule has 0 spiro atoms. The summed E-state index contributed by atoms with van der Waals surface area (Å²) >= 11 is 0. The first-order valence-corrected chi connectivity index (χ1v) is 8.64. The molecule has 1 aliphatic heterocycles. The molecular weight excluding hydrogens is 387 g/mol. The van der Waals surface area contributed by atoms with Crippen molar-refractivity contribution in [3.63, 3.8) is 0 Å². The van der Waals surface area contributed by atoms with E-state index in [2.05, 4.69) is 27.3 Å². The highest BCUT2D eigenvalue weighted by Gasteiger charge is 2.41. The monoisotopic (exact) mass is 403 g/mol. The summed E-state index contributed by atoms with van der Waals surface area (Å²) in [4.78, 5) is 17.3. The lowest BCUT2D eigenvalue weighted by atomic mass is 9.92. The number of furan rings is 1. The van der Waals surface area contributed by atoms with Crippen molar-refractivity contribution in [1.29, 1.82) is 0 Å². The Hall–Kier alpha value is -3.56. The van der Waals surface area contributed by atoms with Crippen LogP contribution >= 0.6 is 0 Å². The van der Waals surface area contributed by atoms with E-state index in [1.165, 1.54) is 23.1 Å². The van der Waals surface area contributed by atoms with Crippen molar-refractivity contribution in [1.82, 2.24) is 14.8 Å². The predicted molar refractivity (Wildman–Crippen MR) is 97.9 cm³/mol. The molecule has 0 saturated carbocycles. The topological polar surface area (TPSA) is 85.0 Å². The molecule has 1 aromatic carbocycles. The molecule has 0 fully saturated rings. The first kappa shape index (κ1) is 18.8. The van der Waals surface area contributed by atoms with E-state index in [0.29, 0.717) is 23.2 Å². The standard InChI is InChI=1S/C19H16F3N5O2/c1-10-15(17(28)25-13-6-3-5-12(9-13)19(20,21)22)16(14-7-4-8-29-14)27-18(23-10)24-11(2)26-27/h3-9,15-16H,1H2,2H3,(H,25,28)(H,23,24,26)/t15-,16-/m0/s1. The van der Waals surface area contributed by atoms with Gasteiger partial charge in [0.05, 0.1) is 11.8 Å². The molecule has 0 aliphatic carbocycles. The zero-order valence-electron chi connectivity index (χ0n) is 15.2. The lowest BCUT2D eigenvalue weighted by Gasteiger charge is -2.32. The van der Waals surface area contributed by atoms with Gasteiger partial charge in [0.25, 0.3) is 0 Å². The highest BCUT2D eigenvalue weighted by molar-refractivity contribution is 5.95. The van der Waals surface area contributed by atoms with Crippen LogP contribution in [0.25, 0.3) is 0 Å². The van der Waals surface area contributed by atoms with Gasteiger partial charge in [-0.15, -0.1) is 0 Å². The van der Waals surface area contributed by atoms with Crippen molar-refractivity contribution >= 4 is 17.5 Å². The summed E-state index contributed by atoms with van der Waals surface area (Å²) in [6.07, 6.45) is -3.05. The number of alkyl halides is 3. The number of benzene rings is 1. The number of fused-ring (bicyclic) bond motifs is 1. The average Bonchev–Trinajstić information content (AvgIpc) is 3.28. The number of anilines is 2. The third kappa shape index (κ3) is 3.48. The van der Waals surface area contributed by atoms with E-state index in [9.17, 15) is 18.0 Å². The number of nitrogens with one attached hydrogen (secondary N) is 2. The fourth-order valence-corrected chi connectivity index (χ4v) is 3.30. The molecule has 2 aromatic heterocycles. The van der Waals surface area contributed by atoms with Gasteiger partial charge in [-0.05, 0) is 37.3 Å². The van der Waals surface area contributed by atoms with Crippen LogP contribution in [0.2, 0.25) is 0 Å². The van der Waals surface area contributed by atoms with E-state index in [-0.39, 0.29) is 5.69 Å². The molecule has 2 atom stereocenters. The quantitative estimate of drug-likeness (QED) is 0.691. The van der Waals surface area contributed by atoms with Crippen molar-refractivity contribution < 1.29 is 22.4 Å². The van der Waals surface area contributed by atoms with Gasteiger partial charge < -0.3 is 15.1 Å². The van der Waals surface area contributed by atoms with Gasteiger partial charge in [-0.25, -0.2) is 4.68 Å². The van der Waals surface area contributed by atoms with Crippen LogP contribution in [-0.2, 0) is 11.0 Å². The largest absolute Gasteiger partial charge is 0.467 e. The molecule has 1 amide bonds. The molecule has 3 aromatic rings. The van der Waals surface area contributed by atoms with E-state index >= 15 is 0 Å². The summed E-state index contributed by atoms with van der Waals surface area (Å²) in [6, 6.07) is 7.10. The van der Waals surface area contributed by atoms with Crippen LogP contribution in [0.15, 0.2) is 59.4 Å². The van der Waals surface area contributed by atoms with Crippen LogP contribution in [0.4, 0.5) is 24.8 Å². The molecule has 2 N–H and O–H groups in total. The fraction of sp³-hybridized carbons (Fsp3) is 0.211. The lowest BCUT2D eigenvalue weighted by molar-refractivity contribution is -0.137. The second kappa shape index (κ2) is 6.80. The molecule has 150 valence electrons. The Bertz CT molecular complexity index is 1070. The van der Waals surface area contributed by atoms with Gasteiger partial charge in [0.1, 0.15) is 23.5 Å². The maximum atomic E-state index is 13.1. The fourth-order valence-electron chi connectivity index (χ4n) is 3.30. The van der Waals surface area contributed by atoms with Crippen molar-refractivity contribution in [2.45, 2.75) is 19.1 Å². The summed E-state index contributed by atoms with van der Waals surface area (Å²) in [6.45, 7) is 5.61. The molecule has 0 saturated heterocycles. The third-order valence-electron chi connectivity index (χ3n) is 4.54. The van der Waals surface area contributed by atoms with E-state index in [1.807, 2.05) is 0 Å². The maximum absolute atomic E-state index is 13.1. The van der Waals surface area contributed by atoms with E-state index in [0.717, 1.165) is 12.1 Å². The number of aromatic nitrogens is 3. The molecule has 7 nitrogen and oxygen atoms in total. The van der Waals surface area contributed by atoms with Gasteiger partial charge in [0.15, 0.2) is 0 Å². The Balaban J connectivity index is 1.69. The molecular formula is C19H16F3N5O2. The zero-order valence-corrected chi connectivity index (χ0v) is 15.2. The van der Waals surface area contributed by atoms with E-state index < -0.39 is 29.6 Å². The summed E-state index contributed by atoms with van der Waals surface area (Å²) in [5.41, 5.74) is -0.500. The van der Waals surface area contributed by atoms with Crippen LogP contribution in [0, 0.1) is 12.8 Å². The first-order chi connectivity index (χ1) is 13.7.